The predicted molar refractivity (Wildman–Crippen MR) is 148 cm³/mol. The predicted octanol–water partition coefficient (Wildman–Crippen LogP) is -2.85. The number of primary amides is 1. The van der Waals surface area contributed by atoms with Crippen molar-refractivity contribution in [3.63, 3.8) is 0 Å². The summed E-state index contributed by atoms with van der Waals surface area (Å²) in [5.74, 6) is -4.39. The Morgan fingerprint density at radius 1 is 0.800 bits per heavy atom. The molecule has 0 spiro atoms. The zero-order valence-corrected chi connectivity index (χ0v) is 22.4. The maximum absolute atomic E-state index is 13.2. The van der Waals surface area contributed by atoms with Gasteiger partial charge in [0.15, 0.2) is 5.96 Å². The third-order valence-corrected chi connectivity index (χ3v) is 5.81. The van der Waals surface area contributed by atoms with Crippen LogP contribution >= 0.6 is 0 Å². The number of carboxylic acid groups (broad SMARTS) is 1. The van der Waals surface area contributed by atoms with Gasteiger partial charge in [0, 0.05) is 13.0 Å². The summed E-state index contributed by atoms with van der Waals surface area (Å²) in [6, 6.07) is 3.95. The van der Waals surface area contributed by atoms with Gasteiger partial charge in [-0.1, -0.05) is 30.3 Å². The average molecular weight is 564 g/mol. The molecule has 222 valence electrons. The fourth-order valence-electron chi connectivity index (χ4n) is 3.72. The Morgan fingerprint density at radius 2 is 1.35 bits per heavy atom. The maximum atomic E-state index is 13.2. The molecule has 0 saturated carbocycles. The van der Waals surface area contributed by atoms with Crippen LogP contribution in [0, 0.1) is 0 Å². The van der Waals surface area contributed by atoms with E-state index < -0.39 is 60.2 Å². The molecule has 0 aromatic heterocycles. The lowest BCUT2D eigenvalue weighted by Crippen LogP contribution is -2.57. The number of aliphatic carboxylic acids is 1. The number of benzene rings is 1. The number of guanidine groups is 1. The first kappa shape index (κ1) is 33.8. The number of rotatable bonds is 19. The molecule has 4 amide bonds. The van der Waals surface area contributed by atoms with Crippen molar-refractivity contribution in [3.8, 4) is 0 Å². The number of hydrogen-bond donors (Lipinski definition) is 9. The second kappa shape index (κ2) is 18.1. The molecule has 0 radical (unpaired) electrons. The standard InChI is InChI=1S/C25H41N9O6/c26-11-5-4-9-17(23(38)34-19(24(39)40)13-15-7-2-1-3-8-15)33-22(37)18(10-6-12-31-25(29)30)32-21(36)16(27)14-20(28)35/h1-3,7-8,16-19H,4-6,9-14,26-27H2,(H2,28,35)(H,32,36)(H,33,37)(H,34,38)(H,39,40)(H4,29,30,31). The van der Waals surface area contributed by atoms with Gasteiger partial charge in [-0.15, -0.1) is 0 Å². The van der Waals surface area contributed by atoms with Gasteiger partial charge in [0.05, 0.1) is 12.5 Å². The highest BCUT2D eigenvalue weighted by Gasteiger charge is 2.30. The van der Waals surface area contributed by atoms with Gasteiger partial charge in [-0.2, -0.15) is 0 Å². The third kappa shape index (κ3) is 13.5. The topological polar surface area (TPSA) is 284 Å². The van der Waals surface area contributed by atoms with Crippen LogP contribution in [0.15, 0.2) is 35.3 Å². The molecule has 1 rings (SSSR count). The Labute approximate surface area is 232 Å². The molecule has 0 aliphatic rings. The summed E-state index contributed by atoms with van der Waals surface area (Å²) in [6.07, 6.45) is 1.15. The van der Waals surface area contributed by atoms with E-state index in [0.29, 0.717) is 24.9 Å². The smallest absolute Gasteiger partial charge is 0.326 e. The Bertz CT molecular complexity index is 1020. The number of carbonyl (C=O) groups is 5. The molecule has 4 atom stereocenters. The minimum Gasteiger partial charge on any atom is -0.480 e. The molecular weight excluding hydrogens is 522 g/mol. The van der Waals surface area contributed by atoms with Crippen molar-refractivity contribution >= 4 is 35.6 Å². The average Bonchev–Trinajstić information content (AvgIpc) is 2.89. The van der Waals surface area contributed by atoms with Gasteiger partial charge < -0.3 is 49.7 Å². The fourth-order valence-corrected chi connectivity index (χ4v) is 3.72. The van der Waals surface area contributed by atoms with Crippen molar-refractivity contribution in [2.24, 2.45) is 33.7 Å². The zero-order chi connectivity index (χ0) is 30.1. The first-order valence-electron chi connectivity index (χ1n) is 12.9. The molecule has 14 N–H and O–H groups in total. The van der Waals surface area contributed by atoms with E-state index in [1.165, 1.54) is 0 Å². The van der Waals surface area contributed by atoms with E-state index >= 15 is 0 Å². The molecule has 0 fully saturated rings. The maximum Gasteiger partial charge on any atom is 0.326 e. The zero-order valence-electron chi connectivity index (χ0n) is 22.4. The highest BCUT2D eigenvalue weighted by atomic mass is 16.4. The number of carbonyl (C=O) groups excluding carboxylic acids is 4. The van der Waals surface area contributed by atoms with E-state index in [2.05, 4.69) is 20.9 Å². The van der Waals surface area contributed by atoms with Crippen LogP contribution in [-0.2, 0) is 30.4 Å². The highest BCUT2D eigenvalue weighted by molar-refractivity contribution is 5.95. The van der Waals surface area contributed by atoms with Crippen LogP contribution in [0.25, 0.3) is 0 Å². The Kier molecular flexibility index (Phi) is 15.3. The van der Waals surface area contributed by atoms with E-state index in [-0.39, 0.29) is 38.2 Å². The summed E-state index contributed by atoms with van der Waals surface area (Å²) in [5.41, 5.74) is 27.7. The van der Waals surface area contributed by atoms with Crippen molar-refractivity contribution in [2.45, 2.75) is 69.1 Å². The summed E-state index contributed by atoms with van der Waals surface area (Å²) in [6.45, 7) is 0.519. The van der Waals surface area contributed by atoms with Crippen LogP contribution < -0.4 is 44.6 Å². The van der Waals surface area contributed by atoms with Gasteiger partial charge in [0.2, 0.25) is 23.6 Å². The van der Waals surface area contributed by atoms with E-state index in [1.54, 1.807) is 30.3 Å². The number of unbranched alkanes of at least 4 members (excludes halogenated alkanes) is 1. The van der Waals surface area contributed by atoms with Crippen LogP contribution in [-0.4, -0.2) is 77.9 Å². The normalized spacial score (nSPS) is 13.7. The lowest BCUT2D eigenvalue weighted by atomic mass is 10.0. The van der Waals surface area contributed by atoms with Crippen molar-refractivity contribution in [1.29, 1.82) is 0 Å². The molecule has 0 heterocycles. The van der Waals surface area contributed by atoms with Crippen molar-refractivity contribution in [2.75, 3.05) is 13.1 Å². The monoisotopic (exact) mass is 563 g/mol. The van der Waals surface area contributed by atoms with Crippen molar-refractivity contribution < 1.29 is 29.1 Å². The van der Waals surface area contributed by atoms with Crippen molar-refractivity contribution in [1.82, 2.24) is 16.0 Å². The number of aliphatic imine (C=N–C) groups is 1. The fraction of sp³-hybridized carbons (Fsp3) is 0.520. The molecule has 40 heavy (non-hydrogen) atoms. The number of nitrogens with two attached hydrogens (primary N) is 5. The molecule has 1 aromatic rings. The van der Waals surface area contributed by atoms with Gasteiger partial charge in [0.25, 0.3) is 0 Å². The van der Waals surface area contributed by atoms with Crippen LogP contribution in [0.4, 0.5) is 0 Å². The molecule has 15 heteroatoms. The van der Waals surface area contributed by atoms with Crippen LogP contribution in [0.3, 0.4) is 0 Å². The number of amides is 4. The minimum absolute atomic E-state index is 0.0343. The number of nitrogens with zero attached hydrogens (tertiary/aromatic N) is 1. The quantitative estimate of drug-likeness (QED) is 0.0471. The van der Waals surface area contributed by atoms with E-state index in [0.717, 1.165) is 0 Å². The summed E-state index contributed by atoms with van der Waals surface area (Å²) < 4.78 is 0. The molecule has 0 saturated heterocycles. The van der Waals surface area contributed by atoms with Gasteiger partial charge >= 0.3 is 5.97 Å². The lowest BCUT2D eigenvalue weighted by molar-refractivity contribution is -0.142. The summed E-state index contributed by atoms with van der Waals surface area (Å²) in [4.78, 5) is 65.8. The molecule has 4 unspecified atom stereocenters. The number of hydrogen-bond acceptors (Lipinski definition) is 8. The molecule has 0 aliphatic heterocycles. The molecule has 15 nitrogen and oxygen atoms in total. The summed E-state index contributed by atoms with van der Waals surface area (Å²) in [5, 5.41) is 17.3. The second-order valence-corrected chi connectivity index (χ2v) is 9.22. The summed E-state index contributed by atoms with van der Waals surface area (Å²) >= 11 is 0. The first-order valence-corrected chi connectivity index (χ1v) is 12.9. The largest absolute Gasteiger partial charge is 0.480 e. The Balaban J connectivity index is 3.06. The molecule has 0 bridgehead atoms. The Morgan fingerprint density at radius 3 is 1.88 bits per heavy atom. The van der Waals surface area contributed by atoms with Crippen LogP contribution in [0.1, 0.15) is 44.1 Å². The Hall–Kier alpha value is -4.24. The van der Waals surface area contributed by atoms with Gasteiger partial charge in [-0.25, -0.2) is 4.79 Å². The SMILES string of the molecule is NCCCCC(NC(=O)C(CCCN=C(N)N)NC(=O)C(N)CC(N)=O)C(=O)NC(Cc1ccccc1)C(=O)O. The number of nitrogens with one attached hydrogen (secondary N) is 3. The van der Waals surface area contributed by atoms with E-state index in [4.69, 9.17) is 28.7 Å². The van der Waals surface area contributed by atoms with Crippen molar-refractivity contribution in [3.05, 3.63) is 35.9 Å². The minimum atomic E-state index is -1.29. The third-order valence-electron chi connectivity index (χ3n) is 5.81. The molecule has 0 aliphatic carbocycles. The lowest BCUT2D eigenvalue weighted by Gasteiger charge is -2.25. The van der Waals surface area contributed by atoms with E-state index in [9.17, 15) is 29.1 Å². The highest BCUT2D eigenvalue weighted by Crippen LogP contribution is 2.08. The molecule has 1 aromatic carbocycles. The van der Waals surface area contributed by atoms with Crippen LogP contribution in [0.5, 0.6) is 0 Å². The molecular formula is C25H41N9O6. The number of carboxylic acids is 1. The summed E-state index contributed by atoms with van der Waals surface area (Å²) in [7, 11) is 0. The van der Waals surface area contributed by atoms with Gasteiger partial charge in [-0.3, -0.25) is 24.2 Å². The van der Waals surface area contributed by atoms with E-state index in [1.807, 2.05) is 0 Å². The first-order chi connectivity index (χ1) is 18.9. The van der Waals surface area contributed by atoms with Crippen LogP contribution in [0.2, 0.25) is 0 Å². The second-order valence-electron chi connectivity index (χ2n) is 9.22. The van der Waals surface area contributed by atoms with Gasteiger partial charge in [0.1, 0.15) is 18.1 Å². The van der Waals surface area contributed by atoms with Gasteiger partial charge in [-0.05, 0) is 44.2 Å².